The second-order valence-corrected chi connectivity index (χ2v) is 6.33. The third-order valence-electron chi connectivity index (χ3n) is 3.06. The molecule has 2 nitrogen and oxygen atoms in total. The molecule has 0 saturated carbocycles. The topological polar surface area (TPSA) is 47.6 Å². The number of alkyl halides is 1. The highest BCUT2D eigenvalue weighted by Gasteiger charge is 2.36. The van der Waals surface area contributed by atoms with Crippen molar-refractivity contribution in [2.45, 2.75) is 32.1 Å². The van der Waals surface area contributed by atoms with Crippen molar-refractivity contribution >= 4 is 33.9 Å². The quantitative estimate of drug-likeness (QED) is 0.584. The number of nitrogens with zero attached hydrogens (tertiary/aromatic N) is 2. The van der Waals surface area contributed by atoms with Crippen LogP contribution < -0.4 is 0 Å². The molecule has 1 heterocycles. The molecule has 0 saturated heterocycles. The molecule has 1 atom stereocenters. The first-order valence-corrected chi connectivity index (χ1v) is 7.97. The molecule has 1 rings (SSSR count). The molecule has 90 valence electrons. The minimum absolute atomic E-state index is 0.264. The molecule has 0 aliphatic carbocycles. The summed E-state index contributed by atoms with van der Waals surface area (Å²) in [6.07, 6.45) is 1.90. The fourth-order valence-electron chi connectivity index (χ4n) is 1.91. The molecule has 0 radical (unpaired) electrons. The van der Waals surface area contributed by atoms with E-state index in [1.54, 1.807) is 0 Å². The molecule has 0 amide bonds. The maximum Gasteiger partial charge on any atom is 0.100 e. The Labute approximate surface area is 120 Å². The molecule has 0 aliphatic rings. The number of nitriles is 2. The summed E-state index contributed by atoms with van der Waals surface area (Å²) in [6, 6.07) is 6.52. The van der Waals surface area contributed by atoms with Crippen LogP contribution in [-0.2, 0) is 5.41 Å². The van der Waals surface area contributed by atoms with Crippen molar-refractivity contribution in [3.8, 4) is 12.1 Å². The molecule has 1 aromatic heterocycles. The Bertz CT molecular complexity index is 453. The van der Waals surface area contributed by atoms with Crippen LogP contribution in [0.25, 0.3) is 0 Å². The van der Waals surface area contributed by atoms with Gasteiger partial charge >= 0.3 is 0 Å². The Morgan fingerprint density at radius 3 is 2.59 bits per heavy atom. The number of thiophene rings is 1. The van der Waals surface area contributed by atoms with Crippen molar-refractivity contribution in [3.63, 3.8) is 0 Å². The van der Waals surface area contributed by atoms with Crippen molar-refractivity contribution in [1.29, 1.82) is 10.5 Å². The summed E-state index contributed by atoms with van der Waals surface area (Å²) in [4.78, 5) is 1.04. The maximum absolute atomic E-state index is 9.58. The fourth-order valence-corrected chi connectivity index (χ4v) is 3.46. The van der Waals surface area contributed by atoms with Gasteiger partial charge in [0.25, 0.3) is 0 Å². The summed E-state index contributed by atoms with van der Waals surface area (Å²) < 4.78 is 1.06. The number of halogens is 1. The SMILES string of the molecule is CC(C)C(C#N)(CCCI)c1cc(C#N)cs1. The minimum Gasteiger partial charge on any atom is -0.197 e. The highest BCUT2D eigenvalue weighted by Crippen LogP contribution is 2.39. The van der Waals surface area contributed by atoms with E-state index in [1.807, 2.05) is 11.4 Å². The first kappa shape index (κ1) is 14.5. The van der Waals surface area contributed by atoms with Gasteiger partial charge in [-0.1, -0.05) is 36.4 Å². The predicted molar refractivity (Wildman–Crippen MR) is 79.3 cm³/mol. The third-order valence-corrected chi connectivity index (χ3v) is 4.93. The first-order valence-electron chi connectivity index (χ1n) is 5.57. The van der Waals surface area contributed by atoms with Crippen LogP contribution >= 0.6 is 33.9 Å². The van der Waals surface area contributed by atoms with Gasteiger partial charge in [-0.3, -0.25) is 0 Å². The van der Waals surface area contributed by atoms with Crippen LogP contribution in [0, 0.1) is 28.6 Å². The molecule has 17 heavy (non-hydrogen) atoms. The van der Waals surface area contributed by atoms with E-state index in [9.17, 15) is 5.26 Å². The zero-order chi connectivity index (χ0) is 12.9. The molecule has 1 aromatic rings. The number of rotatable bonds is 5. The molecular formula is C13H15IN2S. The summed E-state index contributed by atoms with van der Waals surface area (Å²) in [5.41, 5.74) is 0.241. The number of hydrogen-bond donors (Lipinski definition) is 0. The van der Waals surface area contributed by atoms with Crippen LogP contribution in [0.4, 0.5) is 0 Å². The second-order valence-electron chi connectivity index (χ2n) is 4.34. The van der Waals surface area contributed by atoms with Crippen molar-refractivity contribution in [2.75, 3.05) is 4.43 Å². The summed E-state index contributed by atoms with van der Waals surface area (Å²) in [5, 5.41) is 20.3. The lowest BCUT2D eigenvalue weighted by molar-refractivity contribution is 0.373. The molecule has 0 N–H and O–H groups in total. The van der Waals surface area contributed by atoms with E-state index in [1.165, 1.54) is 11.3 Å². The van der Waals surface area contributed by atoms with Gasteiger partial charge in [0.15, 0.2) is 0 Å². The van der Waals surface area contributed by atoms with Crippen molar-refractivity contribution in [2.24, 2.45) is 5.92 Å². The monoisotopic (exact) mass is 358 g/mol. The van der Waals surface area contributed by atoms with E-state index < -0.39 is 5.41 Å². The molecule has 0 aliphatic heterocycles. The smallest absolute Gasteiger partial charge is 0.100 e. The molecule has 0 fully saturated rings. The van der Waals surface area contributed by atoms with E-state index in [0.717, 1.165) is 22.1 Å². The Morgan fingerprint density at radius 1 is 1.47 bits per heavy atom. The van der Waals surface area contributed by atoms with Crippen LogP contribution in [0.1, 0.15) is 37.1 Å². The minimum atomic E-state index is -0.426. The van der Waals surface area contributed by atoms with Crippen molar-refractivity contribution in [3.05, 3.63) is 21.9 Å². The summed E-state index contributed by atoms with van der Waals surface area (Å²) in [7, 11) is 0. The van der Waals surface area contributed by atoms with Gasteiger partial charge in [0, 0.05) is 10.3 Å². The van der Waals surface area contributed by atoms with Gasteiger partial charge in [0.1, 0.15) is 6.07 Å². The summed E-state index contributed by atoms with van der Waals surface area (Å²) >= 11 is 3.88. The van der Waals surface area contributed by atoms with Crippen molar-refractivity contribution < 1.29 is 0 Å². The molecule has 4 heteroatoms. The van der Waals surface area contributed by atoms with Gasteiger partial charge in [0.05, 0.1) is 17.0 Å². The van der Waals surface area contributed by atoms with E-state index in [4.69, 9.17) is 5.26 Å². The molecular weight excluding hydrogens is 343 g/mol. The average Bonchev–Trinajstić information content (AvgIpc) is 2.79. The van der Waals surface area contributed by atoms with E-state index >= 15 is 0 Å². The molecule has 0 bridgehead atoms. The lowest BCUT2D eigenvalue weighted by atomic mass is 9.74. The highest BCUT2D eigenvalue weighted by molar-refractivity contribution is 14.1. The van der Waals surface area contributed by atoms with E-state index in [0.29, 0.717) is 5.56 Å². The molecule has 1 unspecified atom stereocenters. The van der Waals surface area contributed by atoms with Crippen LogP contribution in [0.15, 0.2) is 11.4 Å². The normalized spacial score (nSPS) is 14.0. The van der Waals surface area contributed by atoms with E-state index in [2.05, 4.69) is 48.6 Å². The zero-order valence-electron chi connectivity index (χ0n) is 10.0. The Morgan fingerprint density at radius 2 is 2.18 bits per heavy atom. The predicted octanol–water partition coefficient (Wildman–Crippen LogP) is 4.25. The van der Waals surface area contributed by atoms with Gasteiger partial charge in [0.2, 0.25) is 0 Å². The van der Waals surface area contributed by atoms with Crippen LogP contribution in [0.3, 0.4) is 0 Å². The Balaban J connectivity index is 3.14. The van der Waals surface area contributed by atoms with Gasteiger partial charge in [-0.15, -0.1) is 11.3 Å². The van der Waals surface area contributed by atoms with Gasteiger partial charge in [-0.25, -0.2) is 0 Å². The lowest BCUT2D eigenvalue weighted by Crippen LogP contribution is -2.29. The first-order chi connectivity index (χ1) is 8.10. The third kappa shape index (κ3) is 3.00. The molecule has 0 spiro atoms. The molecule has 0 aromatic carbocycles. The second kappa shape index (κ2) is 6.37. The van der Waals surface area contributed by atoms with Crippen molar-refractivity contribution in [1.82, 2.24) is 0 Å². The van der Waals surface area contributed by atoms with Crippen LogP contribution in [0.5, 0.6) is 0 Å². The average molecular weight is 358 g/mol. The van der Waals surface area contributed by atoms with E-state index in [-0.39, 0.29) is 5.92 Å². The summed E-state index contributed by atoms with van der Waals surface area (Å²) in [5.74, 6) is 0.264. The lowest BCUT2D eigenvalue weighted by Gasteiger charge is -2.29. The van der Waals surface area contributed by atoms with Gasteiger partial charge in [-0.2, -0.15) is 10.5 Å². The van der Waals surface area contributed by atoms with Crippen LogP contribution in [-0.4, -0.2) is 4.43 Å². The largest absolute Gasteiger partial charge is 0.197 e. The Kier molecular flexibility index (Phi) is 5.42. The maximum atomic E-state index is 9.58. The highest BCUT2D eigenvalue weighted by atomic mass is 127. The fraction of sp³-hybridized carbons (Fsp3) is 0.538. The summed E-state index contributed by atoms with van der Waals surface area (Å²) in [6.45, 7) is 4.17. The van der Waals surface area contributed by atoms with Gasteiger partial charge in [-0.05, 0) is 29.3 Å². The standard InChI is InChI=1S/C13H15IN2S/c1-10(2)13(9-16,4-3-5-14)12-6-11(7-15)8-17-12/h6,8,10H,3-5H2,1-2H3. The zero-order valence-corrected chi connectivity index (χ0v) is 13.0. The van der Waals surface area contributed by atoms with Crippen LogP contribution in [0.2, 0.25) is 0 Å². The Hall–Kier alpha value is -0.590. The van der Waals surface area contributed by atoms with Gasteiger partial charge < -0.3 is 0 Å². The number of hydrogen-bond acceptors (Lipinski definition) is 3.